The van der Waals surface area contributed by atoms with Crippen molar-refractivity contribution in [1.29, 1.82) is 0 Å². The third kappa shape index (κ3) is 1.11. The molecule has 0 aliphatic heterocycles. The topological polar surface area (TPSA) is 34.9 Å². The van der Waals surface area contributed by atoms with Gasteiger partial charge >= 0.3 is 0 Å². The van der Waals surface area contributed by atoms with Crippen LogP contribution in [0.25, 0.3) is 0 Å². The molecule has 1 unspecified atom stereocenters. The summed E-state index contributed by atoms with van der Waals surface area (Å²) in [6.07, 6.45) is 3.29. The lowest BCUT2D eigenvalue weighted by Gasteiger charge is -1.97. The van der Waals surface area contributed by atoms with E-state index >= 15 is 0 Å². The zero-order chi connectivity index (χ0) is 7.72. The highest BCUT2D eigenvalue weighted by atomic mass is 32.2. The largest absolute Gasteiger partial charge is 0.325 e. The molecule has 0 aromatic carbocycles. The van der Waals surface area contributed by atoms with E-state index in [9.17, 15) is 4.21 Å². The van der Waals surface area contributed by atoms with Crippen LogP contribution in [0.15, 0.2) is 11.2 Å². The first-order valence-electron chi connectivity index (χ1n) is 2.94. The van der Waals surface area contributed by atoms with Gasteiger partial charge in [0, 0.05) is 13.3 Å². The molecule has 0 aliphatic carbocycles. The highest BCUT2D eigenvalue weighted by Gasteiger charge is 2.04. The molecule has 1 atom stereocenters. The molecule has 1 aromatic heterocycles. The molecule has 0 fully saturated rings. The SMILES string of the molecule is Cc1ncc(S(C)=O)n1C. The quantitative estimate of drug-likeness (QED) is 0.595. The average Bonchev–Trinajstić information content (AvgIpc) is 2.14. The fraction of sp³-hybridized carbons (Fsp3) is 0.500. The minimum absolute atomic E-state index is 0.775. The maximum Gasteiger partial charge on any atom is 0.126 e. The normalized spacial score (nSPS) is 13.5. The lowest BCUT2D eigenvalue weighted by molar-refractivity contribution is 0.674. The Bertz CT molecular complexity index is 267. The summed E-state index contributed by atoms with van der Waals surface area (Å²) >= 11 is 0. The number of aromatic nitrogens is 2. The van der Waals surface area contributed by atoms with Crippen molar-refractivity contribution in [1.82, 2.24) is 9.55 Å². The van der Waals surface area contributed by atoms with Gasteiger partial charge in [-0.1, -0.05) is 0 Å². The maximum atomic E-state index is 10.9. The maximum absolute atomic E-state index is 10.9. The first-order valence-corrected chi connectivity index (χ1v) is 4.50. The Labute approximate surface area is 62.5 Å². The van der Waals surface area contributed by atoms with Crippen molar-refractivity contribution in [3.05, 3.63) is 12.0 Å². The highest BCUT2D eigenvalue weighted by molar-refractivity contribution is 7.84. The van der Waals surface area contributed by atoms with Crippen molar-refractivity contribution in [2.75, 3.05) is 6.26 Å². The van der Waals surface area contributed by atoms with Gasteiger partial charge in [-0.2, -0.15) is 0 Å². The van der Waals surface area contributed by atoms with Gasteiger partial charge in [0.25, 0.3) is 0 Å². The van der Waals surface area contributed by atoms with Crippen LogP contribution in [-0.4, -0.2) is 20.0 Å². The van der Waals surface area contributed by atoms with Crippen LogP contribution in [0, 0.1) is 6.92 Å². The number of imidazole rings is 1. The van der Waals surface area contributed by atoms with E-state index in [-0.39, 0.29) is 0 Å². The first-order chi connectivity index (χ1) is 4.63. The van der Waals surface area contributed by atoms with E-state index in [2.05, 4.69) is 4.98 Å². The van der Waals surface area contributed by atoms with Gasteiger partial charge in [-0.3, -0.25) is 4.21 Å². The lowest BCUT2D eigenvalue weighted by atomic mass is 10.7. The van der Waals surface area contributed by atoms with Crippen molar-refractivity contribution < 1.29 is 4.21 Å². The number of nitrogens with zero attached hydrogens (tertiary/aromatic N) is 2. The van der Waals surface area contributed by atoms with E-state index in [1.807, 2.05) is 18.5 Å². The van der Waals surface area contributed by atoms with Crippen LogP contribution in [-0.2, 0) is 17.8 Å². The Morgan fingerprint density at radius 2 is 2.30 bits per heavy atom. The molecule has 0 radical (unpaired) electrons. The fourth-order valence-corrected chi connectivity index (χ4v) is 1.47. The Balaban J connectivity index is 3.17. The van der Waals surface area contributed by atoms with E-state index in [1.54, 1.807) is 12.5 Å². The molecule has 0 saturated heterocycles. The third-order valence-corrected chi connectivity index (χ3v) is 2.44. The van der Waals surface area contributed by atoms with Crippen LogP contribution < -0.4 is 0 Å². The summed E-state index contributed by atoms with van der Waals surface area (Å²) in [5.41, 5.74) is 0. The summed E-state index contributed by atoms with van der Waals surface area (Å²) < 4.78 is 12.8. The molecule has 1 rings (SSSR count). The van der Waals surface area contributed by atoms with Crippen LogP contribution >= 0.6 is 0 Å². The smallest absolute Gasteiger partial charge is 0.126 e. The van der Waals surface area contributed by atoms with Crippen LogP contribution in [0.3, 0.4) is 0 Å². The monoisotopic (exact) mass is 158 g/mol. The molecule has 1 aromatic rings. The summed E-state index contributed by atoms with van der Waals surface area (Å²) in [5.74, 6) is 0.894. The minimum Gasteiger partial charge on any atom is -0.325 e. The van der Waals surface area contributed by atoms with E-state index in [1.165, 1.54) is 0 Å². The van der Waals surface area contributed by atoms with E-state index in [0.29, 0.717) is 0 Å². The fourth-order valence-electron chi connectivity index (χ4n) is 0.748. The molecule has 1 heterocycles. The number of hydrogen-bond acceptors (Lipinski definition) is 2. The van der Waals surface area contributed by atoms with Crippen LogP contribution in [0.4, 0.5) is 0 Å². The Morgan fingerprint density at radius 3 is 2.50 bits per heavy atom. The summed E-state index contributed by atoms with van der Waals surface area (Å²) in [5, 5.41) is 0.775. The van der Waals surface area contributed by atoms with Crippen molar-refractivity contribution in [2.24, 2.45) is 7.05 Å². The highest BCUT2D eigenvalue weighted by Crippen LogP contribution is 2.04. The van der Waals surface area contributed by atoms with Crippen LogP contribution in [0.1, 0.15) is 5.82 Å². The predicted molar refractivity (Wildman–Crippen MR) is 40.3 cm³/mol. The number of aryl methyl sites for hydroxylation is 1. The number of rotatable bonds is 1. The zero-order valence-corrected chi connectivity index (χ0v) is 7.10. The van der Waals surface area contributed by atoms with Crippen molar-refractivity contribution in [2.45, 2.75) is 11.9 Å². The van der Waals surface area contributed by atoms with Gasteiger partial charge in [0.1, 0.15) is 10.9 Å². The second-order valence-electron chi connectivity index (χ2n) is 2.16. The molecule has 3 nitrogen and oxygen atoms in total. The van der Waals surface area contributed by atoms with Crippen LogP contribution in [0.5, 0.6) is 0 Å². The van der Waals surface area contributed by atoms with Crippen molar-refractivity contribution in [3.63, 3.8) is 0 Å². The first kappa shape index (κ1) is 7.47. The van der Waals surface area contributed by atoms with Gasteiger partial charge in [0.05, 0.1) is 17.0 Å². The standard InChI is InChI=1S/C6H10N2OS/c1-5-7-4-6(8(5)2)10(3)9/h4H,1-3H3. The molecule has 0 spiro atoms. The molecule has 0 bridgehead atoms. The molecular weight excluding hydrogens is 148 g/mol. The Kier molecular flexibility index (Phi) is 1.89. The molecule has 56 valence electrons. The van der Waals surface area contributed by atoms with Gasteiger partial charge in [0.15, 0.2) is 0 Å². The Morgan fingerprint density at radius 1 is 1.70 bits per heavy atom. The molecular formula is C6H10N2OS. The zero-order valence-electron chi connectivity index (χ0n) is 6.29. The summed E-state index contributed by atoms with van der Waals surface area (Å²) in [4.78, 5) is 4.01. The second-order valence-corrected chi connectivity index (χ2v) is 3.48. The van der Waals surface area contributed by atoms with Gasteiger partial charge in [-0.15, -0.1) is 0 Å². The van der Waals surface area contributed by atoms with E-state index in [4.69, 9.17) is 0 Å². The molecule has 0 N–H and O–H groups in total. The summed E-state index contributed by atoms with van der Waals surface area (Å²) in [6, 6.07) is 0. The Hall–Kier alpha value is -0.640. The summed E-state index contributed by atoms with van der Waals surface area (Å²) in [6.45, 7) is 1.89. The predicted octanol–water partition coefficient (Wildman–Crippen LogP) is 0.466. The molecule has 10 heavy (non-hydrogen) atoms. The molecule has 4 heteroatoms. The van der Waals surface area contributed by atoms with Gasteiger partial charge in [-0.05, 0) is 6.92 Å². The van der Waals surface area contributed by atoms with E-state index < -0.39 is 10.8 Å². The van der Waals surface area contributed by atoms with Crippen LogP contribution in [0.2, 0.25) is 0 Å². The molecule has 0 saturated carbocycles. The third-order valence-electron chi connectivity index (χ3n) is 1.47. The van der Waals surface area contributed by atoms with Gasteiger partial charge in [0.2, 0.25) is 0 Å². The van der Waals surface area contributed by atoms with Gasteiger partial charge < -0.3 is 4.57 Å². The molecule has 0 aliphatic rings. The van der Waals surface area contributed by atoms with Crippen molar-refractivity contribution in [3.8, 4) is 0 Å². The molecule has 0 amide bonds. The lowest BCUT2D eigenvalue weighted by Crippen LogP contribution is -1.98. The van der Waals surface area contributed by atoms with E-state index in [0.717, 1.165) is 10.9 Å². The van der Waals surface area contributed by atoms with Gasteiger partial charge in [-0.25, -0.2) is 4.98 Å². The van der Waals surface area contributed by atoms with Crippen molar-refractivity contribution >= 4 is 10.8 Å². The average molecular weight is 158 g/mol. The number of hydrogen-bond donors (Lipinski definition) is 0. The summed E-state index contributed by atoms with van der Waals surface area (Å²) in [7, 11) is 0.941. The second kappa shape index (κ2) is 2.54. The minimum atomic E-state index is -0.919.